The fraction of sp³-hybridized carbons (Fsp3) is 0.538. The number of alkyl halides is 2. The van der Waals surface area contributed by atoms with Crippen LogP contribution in [0.2, 0.25) is 0 Å². The van der Waals surface area contributed by atoms with Crippen LogP contribution in [0.1, 0.15) is 29.2 Å². The zero-order valence-electron chi connectivity index (χ0n) is 13.6. The summed E-state index contributed by atoms with van der Waals surface area (Å²) in [6.07, 6.45) is 0.856. The van der Waals surface area contributed by atoms with Crippen LogP contribution in [0.5, 0.6) is 0 Å². The maximum absolute atomic E-state index is 12.7. The van der Waals surface area contributed by atoms with Crippen LogP contribution in [0.4, 0.5) is 8.78 Å². The Morgan fingerprint density at radius 3 is 2.26 bits per heavy atom. The second-order valence-electron chi connectivity index (χ2n) is 5.37. The van der Waals surface area contributed by atoms with E-state index < -0.39 is 16.6 Å². The lowest BCUT2D eigenvalue weighted by atomic mass is 10.2. The zero-order valence-corrected chi connectivity index (χ0v) is 14.4. The van der Waals surface area contributed by atoms with Crippen molar-refractivity contribution in [1.29, 1.82) is 0 Å². The third kappa shape index (κ3) is 3.13. The molecule has 0 aliphatic carbocycles. The molecule has 128 valence electrons. The number of aryl methyl sites for hydroxylation is 3. The number of halogens is 2. The average Bonchev–Trinajstić information content (AvgIpc) is 2.95. The van der Waals surface area contributed by atoms with Crippen molar-refractivity contribution in [2.24, 2.45) is 7.05 Å². The Balaban J connectivity index is 2.36. The van der Waals surface area contributed by atoms with Gasteiger partial charge in [0.1, 0.15) is 4.90 Å². The number of nitrogens with zero attached hydrogens (tertiary/aromatic N) is 5. The molecule has 0 N–H and O–H groups in total. The standard InChI is InChI=1S/C13H19F2N5O2S/c1-8-11(10(3)19(5)16-8)6-18(4)23(21,22)12-7-20(13(14)15)17-9(12)2/h7,13H,6H2,1-5H3. The third-order valence-corrected chi connectivity index (χ3v) is 5.71. The molecule has 0 fully saturated rings. The molecule has 0 atom stereocenters. The minimum atomic E-state index is -3.93. The Hall–Kier alpha value is -1.81. The summed E-state index contributed by atoms with van der Waals surface area (Å²) in [5, 5.41) is 7.79. The molecule has 0 amide bonds. The van der Waals surface area contributed by atoms with Gasteiger partial charge in [0, 0.05) is 31.9 Å². The van der Waals surface area contributed by atoms with Gasteiger partial charge in [0.2, 0.25) is 10.0 Å². The number of aromatic nitrogens is 4. The first-order valence-electron chi connectivity index (χ1n) is 6.85. The summed E-state index contributed by atoms with van der Waals surface area (Å²) in [5.41, 5.74) is 2.41. The summed E-state index contributed by atoms with van der Waals surface area (Å²) in [5.74, 6) is 0. The smallest absolute Gasteiger partial charge is 0.272 e. The Kier molecular flexibility index (Phi) is 4.58. The predicted molar refractivity (Wildman–Crippen MR) is 79.6 cm³/mol. The van der Waals surface area contributed by atoms with E-state index >= 15 is 0 Å². The molecule has 0 unspecified atom stereocenters. The molecule has 0 saturated heterocycles. The van der Waals surface area contributed by atoms with E-state index in [0.717, 1.165) is 27.5 Å². The number of sulfonamides is 1. The zero-order chi connectivity index (χ0) is 17.5. The monoisotopic (exact) mass is 347 g/mol. The van der Waals surface area contributed by atoms with Crippen molar-refractivity contribution >= 4 is 10.0 Å². The van der Waals surface area contributed by atoms with E-state index in [1.165, 1.54) is 14.0 Å². The van der Waals surface area contributed by atoms with Gasteiger partial charge in [0.25, 0.3) is 0 Å². The van der Waals surface area contributed by atoms with Gasteiger partial charge in [-0.2, -0.15) is 23.3 Å². The lowest BCUT2D eigenvalue weighted by Gasteiger charge is -2.17. The molecule has 7 nitrogen and oxygen atoms in total. The molecule has 0 aliphatic rings. The molecule has 23 heavy (non-hydrogen) atoms. The van der Waals surface area contributed by atoms with Gasteiger partial charge in [0.15, 0.2) is 0 Å². The lowest BCUT2D eigenvalue weighted by molar-refractivity contribution is 0.0561. The lowest BCUT2D eigenvalue weighted by Crippen LogP contribution is -2.27. The van der Waals surface area contributed by atoms with Gasteiger partial charge in [-0.05, 0) is 20.8 Å². The second-order valence-corrected chi connectivity index (χ2v) is 7.38. The quantitative estimate of drug-likeness (QED) is 0.826. The summed E-state index contributed by atoms with van der Waals surface area (Å²) in [6.45, 7) is 2.25. The summed E-state index contributed by atoms with van der Waals surface area (Å²) < 4.78 is 53.7. The van der Waals surface area contributed by atoms with Crippen molar-refractivity contribution in [2.75, 3.05) is 7.05 Å². The normalized spacial score (nSPS) is 12.6. The van der Waals surface area contributed by atoms with E-state index in [9.17, 15) is 17.2 Å². The summed E-state index contributed by atoms with van der Waals surface area (Å²) in [4.78, 5) is -0.223. The van der Waals surface area contributed by atoms with Gasteiger partial charge in [-0.25, -0.2) is 13.1 Å². The molecule has 0 radical (unpaired) electrons. The molecule has 2 aromatic heterocycles. The van der Waals surface area contributed by atoms with Gasteiger partial charge >= 0.3 is 6.55 Å². The Morgan fingerprint density at radius 1 is 1.22 bits per heavy atom. The molecule has 0 spiro atoms. The van der Waals surface area contributed by atoms with Crippen LogP contribution in [0, 0.1) is 20.8 Å². The first kappa shape index (κ1) is 17.5. The largest absolute Gasteiger partial charge is 0.333 e. The van der Waals surface area contributed by atoms with Crippen LogP contribution in [0.25, 0.3) is 0 Å². The van der Waals surface area contributed by atoms with Gasteiger partial charge < -0.3 is 0 Å². The Morgan fingerprint density at radius 2 is 1.83 bits per heavy atom. The molecular weight excluding hydrogens is 328 g/mol. The molecule has 0 aliphatic heterocycles. The first-order chi connectivity index (χ1) is 10.6. The maximum Gasteiger partial charge on any atom is 0.333 e. The minimum absolute atomic E-state index is 0.0387. The van der Waals surface area contributed by atoms with Crippen LogP contribution in [-0.2, 0) is 23.6 Å². The van der Waals surface area contributed by atoms with Gasteiger partial charge in [-0.3, -0.25) is 4.68 Å². The minimum Gasteiger partial charge on any atom is -0.272 e. The van der Waals surface area contributed by atoms with Crippen LogP contribution >= 0.6 is 0 Å². The molecule has 2 heterocycles. The summed E-state index contributed by atoms with van der Waals surface area (Å²) in [7, 11) is -0.747. The van der Waals surface area contributed by atoms with Gasteiger partial charge in [-0.1, -0.05) is 0 Å². The van der Waals surface area contributed by atoms with E-state index in [-0.39, 0.29) is 17.1 Å². The number of rotatable bonds is 5. The fourth-order valence-electron chi connectivity index (χ4n) is 2.34. The fourth-order valence-corrected chi connectivity index (χ4v) is 3.63. The van der Waals surface area contributed by atoms with Crippen molar-refractivity contribution in [2.45, 2.75) is 38.8 Å². The highest BCUT2D eigenvalue weighted by atomic mass is 32.2. The van der Waals surface area contributed by atoms with E-state index in [2.05, 4.69) is 10.2 Å². The molecule has 0 aromatic carbocycles. The molecule has 10 heteroatoms. The average molecular weight is 347 g/mol. The highest BCUT2D eigenvalue weighted by Gasteiger charge is 2.28. The van der Waals surface area contributed by atoms with Crippen molar-refractivity contribution in [1.82, 2.24) is 23.9 Å². The van der Waals surface area contributed by atoms with Crippen LogP contribution in [0.15, 0.2) is 11.1 Å². The Labute approximate surface area is 133 Å². The topological polar surface area (TPSA) is 73.0 Å². The van der Waals surface area contributed by atoms with Crippen LogP contribution < -0.4 is 0 Å². The molecule has 2 aromatic rings. The van der Waals surface area contributed by atoms with Crippen molar-refractivity contribution < 1.29 is 17.2 Å². The maximum atomic E-state index is 12.7. The number of hydrogen-bond acceptors (Lipinski definition) is 4. The SMILES string of the molecule is Cc1nn(C(F)F)cc1S(=O)(=O)N(C)Cc1c(C)nn(C)c1C. The van der Waals surface area contributed by atoms with E-state index in [0.29, 0.717) is 4.68 Å². The van der Waals surface area contributed by atoms with Crippen molar-refractivity contribution in [3.05, 3.63) is 28.8 Å². The molecule has 2 rings (SSSR count). The predicted octanol–water partition coefficient (Wildman–Crippen LogP) is 1.76. The molecule has 0 saturated carbocycles. The van der Waals surface area contributed by atoms with Gasteiger partial charge in [-0.15, -0.1) is 0 Å². The first-order valence-corrected chi connectivity index (χ1v) is 8.29. The highest BCUT2D eigenvalue weighted by Crippen LogP contribution is 2.23. The third-order valence-electron chi connectivity index (χ3n) is 3.80. The molecular formula is C13H19F2N5O2S. The van der Waals surface area contributed by atoms with Gasteiger partial charge in [0.05, 0.1) is 17.6 Å². The molecule has 0 bridgehead atoms. The van der Waals surface area contributed by atoms with Crippen LogP contribution in [-0.4, -0.2) is 39.3 Å². The van der Waals surface area contributed by atoms with Crippen molar-refractivity contribution in [3.63, 3.8) is 0 Å². The number of hydrogen-bond donors (Lipinski definition) is 0. The Bertz CT molecular complexity index is 826. The highest BCUT2D eigenvalue weighted by molar-refractivity contribution is 7.89. The summed E-state index contributed by atoms with van der Waals surface area (Å²) in [6, 6.07) is 0. The van der Waals surface area contributed by atoms with E-state index in [1.54, 1.807) is 18.7 Å². The van der Waals surface area contributed by atoms with Crippen molar-refractivity contribution in [3.8, 4) is 0 Å². The van der Waals surface area contributed by atoms with Crippen LogP contribution in [0.3, 0.4) is 0 Å². The van der Waals surface area contributed by atoms with E-state index in [1.807, 2.05) is 6.92 Å². The summed E-state index contributed by atoms with van der Waals surface area (Å²) >= 11 is 0. The van der Waals surface area contributed by atoms with E-state index in [4.69, 9.17) is 0 Å². The second kappa shape index (κ2) is 6.00.